The maximum Gasteiger partial charge on any atom is 0.331 e. The van der Waals surface area contributed by atoms with Gasteiger partial charge in [-0.25, -0.2) is 4.79 Å². The Hall–Kier alpha value is -3.13. The van der Waals surface area contributed by atoms with E-state index in [9.17, 15) is 9.90 Å². The van der Waals surface area contributed by atoms with Gasteiger partial charge >= 0.3 is 5.97 Å². The summed E-state index contributed by atoms with van der Waals surface area (Å²) in [5.41, 5.74) is 1.80. The number of nitriles is 1. The van der Waals surface area contributed by atoms with Gasteiger partial charge in [0.2, 0.25) is 0 Å². The van der Waals surface area contributed by atoms with Crippen molar-refractivity contribution in [1.29, 1.82) is 5.26 Å². The van der Waals surface area contributed by atoms with Gasteiger partial charge in [0.05, 0.1) is 17.1 Å². The fourth-order valence-corrected chi connectivity index (χ4v) is 2.43. The number of nitrogens with zero attached hydrogens (tertiary/aromatic N) is 3. The first kappa shape index (κ1) is 12.9. The highest BCUT2D eigenvalue weighted by atomic mass is 16.4. The summed E-state index contributed by atoms with van der Waals surface area (Å²) in [5.74, 6) is -0.973. The molecule has 2 aromatic heterocycles. The molecule has 0 aliphatic heterocycles. The van der Waals surface area contributed by atoms with Crippen molar-refractivity contribution in [1.82, 2.24) is 9.55 Å². The van der Waals surface area contributed by atoms with Crippen LogP contribution in [-0.2, 0) is 4.79 Å². The zero-order chi connectivity index (χ0) is 14.8. The van der Waals surface area contributed by atoms with Gasteiger partial charge in [-0.05, 0) is 29.8 Å². The van der Waals surface area contributed by atoms with E-state index in [4.69, 9.17) is 5.26 Å². The quantitative estimate of drug-likeness (QED) is 0.798. The Morgan fingerprint density at radius 3 is 2.95 bits per heavy atom. The largest absolute Gasteiger partial charge is 0.479 e. The van der Waals surface area contributed by atoms with Crippen LogP contribution in [0.1, 0.15) is 17.2 Å². The van der Waals surface area contributed by atoms with Crippen molar-refractivity contribution in [2.45, 2.75) is 6.04 Å². The molecule has 5 nitrogen and oxygen atoms in total. The highest BCUT2D eigenvalue weighted by Gasteiger charge is 2.23. The Labute approximate surface area is 120 Å². The van der Waals surface area contributed by atoms with E-state index in [0.717, 1.165) is 10.9 Å². The summed E-state index contributed by atoms with van der Waals surface area (Å²) < 4.78 is 1.68. The van der Waals surface area contributed by atoms with E-state index in [2.05, 4.69) is 4.98 Å². The second kappa shape index (κ2) is 5.10. The van der Waals surface area contributed by atoms with Crippen LogP contribution < -0.4 is 0 Å². The molecule has 0 fully saturated rings. The molecule has 1 N–H and O–H groups in total. The minimum atomic E-state index is -0.973. The number of aromatic nitrogens is 2. The number of fused-ring (bicyclic) bond motifs is 1. The van der Waals surface area contributed by atoms with E-state index in [1.807, 2.05) is 12.1 Å². The summed E-state index contributed by atoms with van der Waals surface area (Å²) in [4.78, 5) is 15.7. The molecular weight excluding hydrogens is 266 g/mol. The van der Waals surface area contributed by atoms with Crippen LogP contribution in [0.3, 0.4) is 0 Å². The first-order valence-corrected chi connectivity index (χ1v) is 6.34. The van der Waals surface area contributed by atoms with Gasteiger partial charge in [-0.3, -0.25) is 4.98 Å². The van der Waals surface area contributed by atoms with E-state index >= 15 is 0 Å². The first-order valence-electron chi connectivity index (χ1n) is 6.34. The van der Waals surface area contributed by atoms with Crippen molar-refractivity contribution >= 4 is 16.9 Å². The fraction of sp³-hybridized carbons (Fsp3) is 0.0625. The van der Waals surface area contributed by atoms with Gasteiger partial charge in [-0.2, -0.15) is 5.26 Å². The molecule has 0 saturated heterocycles. The van der Waals surface area contributed by atoms with Crippen LogP contribution in [0.5, 0.6) is 0 Å². The second-order valence-electron chi connectivity index (χ2n) is 4.64. The van der Waals surface area contributed by atoms with Crippen LogP contribution in [0, 0.1) is 11.3 Å². The van der Waals surface area contributed by atoms with Crippen molar-refractivity contribution in [2.24, 2.45) is 0 Å². The highest BCUT2D eigenvalue weighted by molar-refractivity contribution is 5.84. The van der Waals surface area contributed by atoms with Gasteiger partial charge in [0.25, 0.3) is 0 Å². The van der Waals surface area contributed by atoms with Gasteiger partial charge in [-0.1, -0.05) is 12.1 Å². The van der Waals surface area contributed by atoms with Crippen molar-refractivity contribution in [3.63, 3.8) is 0 Å². The number of carboxylic acids is 1. The summed E-state index contributed by atoms with van der Waals surface area (Å²) in [5, 5.41) is 19.4. The van der Waals surface area contributed by atoms with Crippen LogP contribution >= 0.6 is 0 Å². The Morgan fingerprint density at radius 2 is 2.19 bits per heavy atom. The smallest absolute Gasteiger partial charge is 0.331 e. The number of aliphatic carboxylic acids is 1. The SMILES string of the molecule is N#Cc1cccc(C(C(=O)O)n2ccc3cnccc32)c1. The van der Waals surface area contributed by atoms with Crippen LogP contribution in [0.2, 0.25) is 0 Å². The normalized spacial score (nSPS) is 12.0. The monoisotopic (exact) mass is 277 g/mol. The third-order valence-corrected chi connectivity index (χ3v) is 3.36. The zero-order valence-corrected chi connectivity index (χ0v) is 11.0. The lowest BCUT2D eigenvalue weighted by Gasteiger charge is -2.16. The average Bonchev–Trinajstić information content (AvgIpc) is 2.91. The van der Waals surface area contributed by atoms with Crippen LogP contribution in [-0.4, -0.2) is 20.6 Å². The minimum absolute atomic E-state index is 0.442. The minimum Gasteiger partial charge on any atom is -0.479 e. The number of hydrogen-bond donors (Lipinski definition) is 1. The summed E-state index contributed by atoms with van der Waals surface area (Å²) in [6.07, 6.45) is 5.05. The number of benzene rings is 1. The molecule has 21 heavy (non-hydrogen) atoms. The molecule has 0 aliphatic carbocycles. The van der Waals surface area contributed by atoms with Gasteiger partial charge in [-0.15, -0.1) is 0 Å². The predicted molar refractivity (Wildman–Crippen MR) is 76.7 cm³/mol. The molecular formula is C16H11N3O2. The van der Waals surface area contributed by atoms with Gasteiger partial charge < -0.3 is 9.67 Å². The summed E-state index contributed by atoms with van der Waals surface area (Å²) in [6, 6.07) is 11.4. The highest BCUT2D eigenvalue weighted by Crippen LogP contribution is 2.25. The Kier molecular flexibility index (Phi) is 3.13. The average molecular weight is 277 g/mol. The van der Waals surface area contributed by atoms with E-state index in [0.29, 0.717) is 11.1 Å². The molecule has 0 saturated carbocycles. The number of rotatable bonds is 3. The molecule has 0 amide bonds. The van der Waals surface area contributed by atoms with Crippen molar-refractivity contribution in [2.75, 3.05) is 0 Å². The lowest BCUT2D eigenvalue weighted by atomic mass is 10.0. The molecule has 5 heteroatoms. The molecule has 102 valence electrons. The topological polar surface area (TPSA) is 78.9 Å². The summed E-state index contributed by atoms with van der Waals surface area (Å²) >= 11 is 0. The summed E-state index contributed by atoms with van der Waals surface area (Å²) in [6.45, 7) is 0. The molecule has 3 aromatic rings. The van der Waals surface area contributed by atoms with Gasteiger partial charge in [0.1, 0.15) is 0 Å². The molecule has 0 spiro atoms. The first-order chi connectivity index (χ1) is 10.2. The third kappa shape index (κ3) is 2.23. The van der Waals surface area contributed by atoms with E-state index < -0.39 is 12.0 Å². The third-order valence-electron chi connectivity index (χ3n) is 3.36. The number of pyridine rings is 1. The lowest BCUT2D eigenvalue weighted by Crippen LogP contribution is -2.19. The van der Waals surface area contributed by atoms with Crippen LogP contribution in [0.4, 0.5) is 0 Å². The van der Waals surface area contributed by atoms with Crippen molar-refractivity contribution < 1.29 is 9.90 Å². The van der Waals surface area contributed by atoms with Crippen LogP contribution in [0.25, 0.3) is 10.9 Å². The van der Waals surface area contributed by atoms with Crippen LogP contribution in [0.15, 0.2) is 55.0 Å². The van der Waals surface area contributed by atoms with Gasteiger partial charge in [0, 0.05) is 24.0 Å². The second-order valence-corrected chi connectivity index (χ2v) is 4.64. The number of carboxylic acid groups (broad SMARTS) is 1. The zero-order valence-electron chi connectivity index (χ0n) is 11.0. The van der Waals surface area contributed by atoms with Gasteiger partial charge in [0.15, 0.2) is 6.04 Å². The molecule has 3 rings (SSSR count). The van der Waals surface area contributed by atoms with E-state index in [1.165, 1.54) is 0 Å². The predicted octanol–water partition coefficient (Wildman–Crippen LogP) is 2.58. The molecule has 0 radical (unpaired) electrons. The molecule has 0 aliphatic rings. The van der Waals surface area contributed by atoms with Crippen molar-refractivity contribution in [3.05, 3.63) is 66.1 Å². The van der Waals surface area contributed by atoms with E-state index in [-0.39, 0.29) is 0 Å². The molecule has 2 heterocycles. The Bertz CT molecular complexity index is 861. The fourth-order valence-electron chi connectivity index (χ4n) is 2.43. The Morgan fingerprint density at radius 1 is 1.33 bits per heavy atom. The Balaban J connectivity index is 2.19. The molecule has 1 aromatic carbocycles. The maximum absolute atomic E-state index is 11.7. The molecule has 1 atom stereocenters. The molecule has 1 unspecified atom stereocenters. The molecule has 0 bridgehead atoms. The van der Waals surface area contributed by atoms with Crippen molar-refractivity contribution in [3.8, 4) is 6.07 Å². The van der Waals surface area contributed by atoms with E-state index in [1.54, 1.807) is 53.5 Å². The summed E-state index contributed by atoms with van der Waals surface area (Å²) in [7, 11) is 0. The number of carbonyl (C=O) groups is 1. The standard InChI is InChI=1S/C16H11N3O2/c17-9-11-2-1-3-12(8-11)15(16(20)21)19-7-5-13-10-18-6-4-14(13)19/h1-8,10,15H,(H,20,21). The lowest BCUT2D eigenvalue weighted by molar-refractivity contribution is -0.139. The number of hydrogen-bond acceptors (Lipinski definition) is 3. The maximum atomic E-state index is 11.7.